The fraction of sp³-hybridized carbons (Fsp3) is 0.471. The van der Waals surface area contributed by atoms with Gasteiger partial charge in [0.2, 0.25) is 5.91 Å². The van der Waals surface area contributed by atoms with Crippen molar-refractivity contribution in [1.82, 2.24) is 19.8 Å². The maximum Gasteiger partial charge on any atom is 0.290 e. The van der Waals surface area contributed by atoms with E-state index in [1.54, 1.807) is 17.0 Å². The summed E-state index contributed by atoms with van der Waals surface area (Å²) in [5.41, 5.74) is 0.835. The first-order valence-electron chi connectivity index (χ1n) is 8.33. The number of fused-ring (bicyclic) bond motifs is 1. The fourth-order valence-corrected chi connectivity index (χ4v) is 2.97. The third-order valence-electron chi connectivity index (χ3n) is 4.51. The average Bonchev–Trinajstić information content (AvgIpc) is 3.09. The van der Waals surface area contributed by atoms with Crippen LogP contribution in [0, 0.1) is 5.92 Å². The Balaban J connectivity index is 1.36. The lowest BCUT2D eigenvalue weighted by atomic mass is 10.3. The smallest absolute Gasteiger partial charge is 0.290 e. The molecule has 7 nitrogen and oxygen atoms in total. The first kappa shape index (κ1) is 15.0. The summed E-state index contributed by atoms with van der Waals surface area (Å²) in [5, 5.41) is 2.93. The highest BCUT2D eigenvalue weighted by molar-refractivity contribution is 5.91. The number of aromatic nitrogens is 2. The van der Waals surface area contributed by atoms with Gasteiger partial charge < -0.3 is 19.2 Å². The molecule has 2 aromatic rings. The summed E-state index contributed by atoms with van der Waals surface area (Å²) in [6, 6.07) is 3.38. The zero-order valence-corrected chi connectivity index (χ0v) is 13.4. The van der Waals surface area contributed by atoms with Gasteiger partial charge in [0.25, 0.3) is 5.91 Å². The summed E-state index contributed by atoms with van der Waals surface area (Å²) in [5.74, 6) is 1.75. The molecule has 1 aliphatic carbocycles. The normalized spacial score (nSPS) is 16.8. The van der Waals surface area contributed by atoms with Crippen LogP contribution in [-0.4, -0.2) is 32.8 Å². The lowest BCUT2D eigenvalue weighted by molar-refractivity contribution is -0.121. The molecular formula is C17H20N4O3. The molecule has 7 heteroatoms. The van der Waals surface area contributed by atoms with Gasteiger partial charge in [-0.3, -0.25) is 9.59 Å². The van der Waals surface area contributed by atoms with Crippen molar-refractivity contribution in [3.05, 3.63) is 41.9 Å². The third kappa shape index (κ3) is 3.20. The maximum absolute atomic E-state index is 12.3. The van der Waals surface area contributed by atoms with Gasteiger partial charge in [0.1, 0.15) is 5.82 Å². The van der Waals surface area contributed by atoms with E-state index in [0.717, 1.165) is 11.5 Å². The molecule has 0 atom stereocenters. The van der Waals surface area contributed by atoms with Crippen LogP contribution in [0.4, 0.5) is 0 Å². The fourth-order valence-electron chi connectivity index (χ4n) is 2.97. The van der Waals surface area contributed by atoms with E-state index in [2.05, 4.69) is 10.3 Å². The second-order valence-corrected chi connectivity index (χ2v) is 6.47. The van der Waals surface area contributed by atoms with E-state index in [1.807, 2.05) is 10.8 Å². The van der Waals surface area contributed by atoms with Gasteiger partial charge in [-0.1, -0.05) is 0 Å². The molecule has 0 saturated heterocycles. The van der Waals surface area contributed by atoms with Crippen molar-refractivity contribution in [1.29, 1.82) is 0 Å². The summed E-state index contributed by atoms with van der Waals surface area (Å²) < 4.78 is 7.23. The van der Waals surface area contributed by atoms with E-state index >= 15 is 0 Å². The lowest BCUT2D eigenvalue weighted by Gasteiger charge is -2.26. The Bertz CT molecular complexity index is 746. The summed E-state index contributed by atoms with van der Waals surface area (Å²) in [6.07, 6.45) is 6.43. The Kier molecular flexibility index (Phi) is 3.84. The molecule has 1 fully saturated rings. The number of furan rings is 1. The Hall–Kier alpha value is -2.57. The molecule has 126 valence electrons. The molecule has 0 spiro atoms. The largest absolute Gasteiger partial charge is 0.459 e. The van der Waals surface area contributed by atoms with E-state index in [4.69, 9.17) is 4.42 Å². The van der Waals surface area contributed by atoms with Gasteiger partial charge in [0.05, 0.1) is 25.0 Å². The highest BCUT2D eigenvalue weighted by atomic mass is 16.3. The van der Waals surface area contributed by atoms with Crippen molar-refractivity contribution in [2.45, 2.75) is 38.9 Å². The molecule has 0 aromatic carbocycles. The standard InChI is InChI=1S/C17H20N4O3/c22-16(8-12-3-4-12)18-9-13-10-20-5-6-21(11-15(20)19-13)17(23)14-2-1-7-24-14/h1-2,7,10,12H,3-6,8-9,11H2,(H,18,22). The highest BCUT2D eigenvalue weighted by Gasteiger charge is 2.26. The number of nitrogens with one attached hydrogen (secondary N) is 1. The molecule has 3 heterocycles. The van der Waals surface area contributed by atoms with Gasteiger partial charge in [0.15, 0.2) is 5.76 Å². The van der Waals surface area contributed by atoms with Gasteiger partial charge in [-0.2, -0.15) is 0 Å². The number of carbonyl (C=O) groups excluding carboxylic acids is 2. The third-order valence-corrected chi connectivity index (χ3v) is 4.51. The quantitative estimate of drug-likeness (QED) is 0.903. The second-order valence-electron chi connectivity index (χ2n) is 6.47. The van der Waals surface area contributed by atoms with Crippen LogP contribution in [0.2, 0.25) is 0 Å². The SMILES string of the molecule is O=C(CC1CC1)NCc1cn2c(n1)CN(C(=O)c1ccco1)CC2. The van der Waals surface area contributed by atoms with E-state index in [9.17, 15) is 9.59 Å². The van der Waals surface area contributed by atoms with Crippen molar-refractivity contribution >= 4 is 11.8 Å². The minimum absolute atomic E-state index is 0.0955. The molecule has 0 unspecified atom stereocenters. The summed E-state index contributed by atoms with van der Waals surface area (Å²) in [6.45, 7) is 2.22. The molecule has 2 aliphatic rings. The zero-order chi connectivity index (χ0) is 16.5. The first-order valence-corrected chi connectivity index (χ1v) is 8.33. The minimum atomic E-state index is -0.117. The van der Waals surface area contributed by atoms with E-state index in [-0.39, 0.29) is 11.8 Å². The molecule has 0 bridgehead atoms. The lowest BCUT2D eigenvalue weighted by Crippen LogP contribution is -2.38. The number of nitrogens with zero attached hydrogens (tertiary/aromatic N) is 3. The van der Waals surface area contributed by atoms with Crippen molar-refractivity contribution in [2.24, 2.45) is 5.92 Å². The van der Waals surface area contributed by atoms with E-state index in [1.165, 1.54) is 19.1 Å². The predicted molar refractivity (Wildman–Crippen MR) is 84.9 cm³/mol. The molecule has 1 aliphatic heterocycles. The Morgan fingerprint density at radius 3 is 2.96 bits per heavy atom. The zero-order valence-electron chi connectivity index (χ0n) is 13.4. The van der Waals surface area contributed by atoms with Crippen molar-refractivity contribution in [3.63, 3.8) is 0 Å². The highest BCUT2D eigenvalue weighted by Crippen LogP contribution is 2.32. The summed E-state index contributed by atoms with van der Waals surface area (Å²) in [4.78, 5) is 30.4. The molecule has 2 amide bonds. The number of rotatable bonds is 5. The average molecular weight is 328 g/mol. The molecule has 0 radical (unpaired) electrons. The molecule has 1 saturated carbocycles. The number of carbonyl (C=O) groups is 2. The molecule has 4 rings (SSSR count). The number of imidazole rings is 1. The Morgan fingerprint density at radius 2 is 2.21 bits per heavy atom. The Morgan fingerprint density at radius 1 is 1.33 bits per heavy atom. The number of hydrogen-bond donors (Lipinski definition) is 1. The van der Waals surface area contributed by atoms with E-state index < -0.39 is 0 Å². The monoisotopic (exact) mass is 328 g/mol. The molecule has 2 aromatic heterocycles. The topological polar surface area (TPSA) is 80.4 Å². The molecule has 1 N–H and O–H groups in total. The maximum atomic E-state index is 12.3. The Labute approximate surface area is 139 Å². The minimum Gasteiger partial charge on any atom is -0.459 e. The van der Waals surface area contributed by atoms with Crippen molar-refractivity contribution in [3.8, 4) is 0 Å². The van der Waals surface area contributed by atoms with Crippen LogP contribution in [-0.2, 0) is 24.4 Å². The number of amides is 2. The van der Waals surface area contributed by atoms with Gasteiger partial charge in [-0.05, 0) is 30.9 Å². The molecule has 24 heavy (non-hydrogen) atoms. The summed E-state index contributed by atoms with van der Waals surface area (Å²) in [7, 11) is 0. The van der Waals surface area contributed by atoms with Crippen LogP contribution in [0.25, 0.3) is 0 Å². The van der Waals surface area contributed by atoms with Crippen molar-refractivity contribution in [2.75, 3.05) is 6.54 Å². The van der Waals surface area contributed by atoms with Gasteiger partial charge in [0, 0.05) is 25.7 Å². The van der Waals surface area contributed by atoms with Crippen LogP contribution >= 0.6 is 0 Å². The second kappa shape index (κ2) is 6.14. The van der Waals surface area contributed by atoms with Gasteiger partial charge in [-0.25, -0.2) is 4.98 Å². The molecular weight excluding hydrogens is 308 g/mol. The van der Waals surface area contributed by atoms with Crippen LogP contribution in [0.3, 0.4) is 0 Å². The van der Waals surface area contributed by atoms with Crippen LogP contribution < -0.4 is 5.32 Å². The van der Waals surface area contributed by atoms with Gasteiger partial charge >= 0.3 is 0 Å². The van der Waals surface area contributed by atoms with Gasteiger partial charge in [-0.15, -0.1) is 0 Å². The van der Waals surface area contributed by atoms with Crippen molar-refractivity contribution < 1.29 is 14.0 Å². The van der Waals surface area contributed by atoms with Crippen LogP contribution in [0.1, 0.15) is 41.3 Å². The number of hydrogen-bond acceptors (Lipinski definition) is 4. The van der Waals surface area contributed by atoms with Crippen LogP contribution in [0.5, 0.6) is 0 Å². The summed E-state index contributed by atoms with van der Waals surface area (Å²) >= 11 is 0. The van der Waals surface area contributed by atoms with E-state index in [0.29, 0.717) is 44.3 Å². The first-order chi connectivity index (χ1) is 11.7. The predicted octanol–water partition coefficient (Wildman–Crippen LogP) is 1.55. The van der Waals surface area contributed by atoms with Crippen LogP contribution in [0.15, 0.2) is 29.0 Å².